The van der Waals surface area contributed by atoms with Crippen LogP contribution in [-0.2, 0) is 6.42 Å². The summed E-state index contributed by atoms with van der Waals surface area (Å²) in [6.45, 7) is 0. The minimum atomic E-state index is 0.152. The summed E-state index contributed by atoms with van der Waals surface area (Å²) in [6.07, 6.45) is 0.509. The zero-order chi connectivity index (χ0) is 12.5. The third-order valence-electron chi connectivity index (χ3n) is 2.93. The molecule has 0 unspecified atom stereocenters. The first-order chi connectivity index (χ1) is 8.72. The predicted octanol–water partition coefficient (Wildman–Crippen LogP) is 1.98. The quantitative estimate of drug-likeness (QED) is 0.600. The van der Waals surface area contributed by atoms with Gasteiger partial charge in [-0.3, -0.25) is 0 Å². The van der Waals surface area contributed by atoms with Crippen LogP contribution >= 0.6 is 0 Å². The highest BCUT2D eigenvalue weighted by Gasteiger charge is 2.12. The summed E-state index contributed by atoms with van der Waals surface area (Å²) < 4.78 is 0. The Bertz CT molecular complexity index is 671. The number of rotatable bonds is 2. The zero-order valence-electron chi connectivity index (χ0n) is 9.64. The van der Waals surface area contributed by atoms with Crippen LogP contribution in [0.5, 0.6) is 11.5 Å². The number of para-hydroxylation sites is 2. The number of H-pyrrole nitrogens is 2. The topological polar surface area (TPSA) is 70.4 Å². The fourth-order valence-corrected chi connectivity index (χ4v) is 2.05. The Morgan fingerprint density at radius 3 is 2.72 bits per heavy atom. The molecule has 4 heteroatoms. The number of aromatic hydroxyl groups is 2. The van der Waals surface area contributed by atoms with Crippen molar-refractivity contribution in [1.29, 1.82) is 0 Å². The Kier molecular flexibility index (Phi) is 2.41. The van der Waals surface area contributed by atoms with E-state index in [4.69, 9.17) is 0 Å². The number of phenolic OH excluding ortho intramolecular Hbond substituents is 2. The van der Waals surface area contributed by atoms with E-state index in [1.807, 2.05) is 24.3 Å². The van der Waals surface area contributed by atoms with Gasteiger partial charge >= 0.3 is 0 Å². The molecule has 0 saturated heterocycles. The summed E-state index contributed by atoms with van der Waals surface area (Å²) in [7, 11) is 0. The Balaban J connectivity index is 1.98. The molecule has 1 aromatic heterocycles. The fourth-order valence-electron chi connectivity index (χ4n) is 2.05. The van der Waals surface area contributed by atoms with Gasteiger partial charge in [0.2, 0.25) is 0 Å². The molecule has 18 heavy (non-hydrogen) atoms. The van der Waals surface area contributed by atoms with Gasteiger partial charge in [-0.25, -0.2) is 9.97 Å². The Labute approximate surface area is 104 Å². The molecule has 0 amide bonds. The van der Waals surface area contributed by atoms with Crippen molar-refractivity contribution < 1.29 is 15.2 Å². The second-order valence-corrected chi connectivity index (χ2v) is 4.26. The molecule has 0 spiro atoms. The monoisotopic (exact) mass is 241 g/mol. The van der Waals surface area contributed by atoms with Gasteiger partial charge < -0.3 is 10.2 Å². The van der Waals surface area contributed by atoms with Gasteiger partial charge in [-0.1, -0.05) is 12.1 Å². The smallest absolute Gasteiger partial charge is 0.257 e. The SMILES string of the molecule is Oc1ccc(O)c(Cc2[nH]c3ccccc3[nH+]2)c1. The summed E-state index contributed by atoms with van der Waals surface area (Å²) in [5, 5.41) is 19.2. The van der Waals surface area contributed by atoms with Crippen molar-refractivity contribution in [1.82, 2.24) is 4.98 Å². The van der Waals surface area contributed by atoms with Crippen molar-refractivity contribution in [3.8, 4) is 11.5 Å². The summed E-state index contributed by atoms with van der Waals surface area (Å²) in [6, 6.07) is 12.4. The normalized spacial score (nSPS) is 10.9. The second-order valence-electron chi connectivity index (χ2n) is 4.26. The number of nitrogens with one attached hydrogen (secondary N) is 2. The lowest BCUT2D eigenvalue weighted by Gasteiger charge is -2.00. The van der Waals surface area contributed by atoms with Crippen LogP contribution in [0.1, 0.15) is 11.4 Å². The van der Waals surface area contributed by atoms with Gasteiger partial charge in [0.05, 0.1) is 6.42 Å². The van der Waals surface area contributed by atoms with Crippen molar-refractivity contribution in [2.45, 2.75) is 6.42 Å². The van der Waals surface area contributed by atoms with Gasteiger partial charge in [0.25, 0.3) is 5.82 Å². The van der Waals surface area contributed by atoms with Crippen molar-refractivity contribution in [2.75, 3.05) is 0 Å². The van der Waals surface area contributed by atoms with Crippen molar-refractivity contribution in [2.24, 2.45) is 0 Å². The molecule has 0 aliphatic heterocycles. The van der Waals surface area contributed by atoms with E-state index in [2.05, 4.69) is 9.97 Å². The van der Waals surface area contributed by atoms with E-state index < -0.39 is 0 Å². The molecule has 4 nitrogen and oxygen atoms in total. The van der Waals surface area contributed by atoms with Crippen molar-refractivity contribution in [3.05, 3.63) is 53.9 Å². The Morgan fingerprint density at radius 2 is 1.89 bits per heavy atom. The molecule has 0 aliphatic carbocycles. The predicted molar refractivity (Wildman–Crippen MR) is 67.4 cm³/mol. The molecular weight excluding hydrogens is 228 g/mol. The number of fused-ring (bicyclic) bond motifs is 1. The molecule has 0 aliphatic rings. The molecule has 0 fully saturated rings. The first-order valence-electron chi connectivity index (χ1n) is 5.72. The number of hydrogen-bond acceptors (Lipinski definition) is 2. The van der Waals surface area contributed by atoms with Gasteiger partial charge in [-0.2, -0.15) is 0 Å². The molecule has 2 aromatic carbocycles. The Hall–Kier alpha value is -2.49. The van der Waals surface area contributed by atoms with Gasteiger partial charge in [0.1, 0.15) is 11.5 Å². The lowest BCUT2D eigenvalue weighted by Crippen LogP contribution is -2.07. The van der Waals surface area contributed by atoms with Gasteiger partial charge in [-0.05, 0) is 30.3 Å². The van der Waals surface area contributed by atoms with Crippen LogP contribution in [0.4, 0.5) is 0 Å². The number of imidazole rings is 1. The molecule has 1 heterocycles. The van der Waals surface area contributed by atoms with Crippen LogP contribution in [-0.4, -0.2) is 15.2 Å². The number of hydrogen-bond donors (Lipinski definition) is 3. The molecular formula is C14H13N2O2+. The van der Waals surface area contributed by atoms with E-state index in [0.29, 0.717) is 12.0 Å². The van der Waals surface area contributed by atoms with E-state index in [0.717, 1.165) is 16.9 Å². The molecule has 0 radical (unpaired) electrons. The van der Waals surface area contributed by atoms with Crippen molar-refractivity contribution >= 4 is 11.0 Å². The third-order valence-corrected chi connectivity index (χ3v) is 2.93. The van der Waals surface area contributed by atoms with Gasteiger partial charge in [0, 0.05) is 5.56 Å². The van der Waals surface area contributed by atoms with Crippen LogP contribution in [0.25, 0.3) is 11.0 Å². The van der Waals surface area contributed by atoms with Gasteiger partial charge in [0.15, 0.2) is 11.0 Å². The highest BCUT2D eigenvalue weighted by molar-refractivity contribution is 5.70. The van der Waals surface area contributed by atoms with E-state index in [1.165, 1.54) is 12.1 Å². The van der Waals surface area contributed by atoms with Gasteiger partial charge in [-0.15, -0.1) is 0 Å². The average Bonchev–Trinajstić information content (AvgIpc) is 2.76. The molecule has 0 bridgehead atoms. The zero-order valence-corrected chi connectivity index (χ0v) is 9.64. The van der Waals surface area contributed by atoms with E-state index in [9.17, 15) is 10.2 Å². The van der Waals surface area contributed by atoms with Crippen LogP contribution in [0.2, 0.25) is 0 Å². The first kappa shape index (κ1) is 10.7. The summed E-state index contributed by atoms with van der Waals surface area (Å²) in [4.78, 5) is 6.48. The maximum Gasteiger partial charge on any atom is 0.257 e. The maximum atomic E-state index is 9.73. The highest BCUT2D eigenvalue weighted by atomic mass is 16.3. The van der Waals surface area contributed by atoms with E-state index >= 15 is 0 Å². The molecule has 0 saturated carbocycles. The largest absolute Gasteiger partial charge is 0.508 e. The molecule has 3 aromatic rings. The Morgan fingerprint density at radius 1 is 1.06 bits per heavy atom. The molecule has 3 rings (SSSR count). The number of aromatic nitrogens is 2. The number of phenols is 2. The average molecular weight is 241 g/mol. The summed E-state index contributed by atoms with van der Waals surface area (Å²) in [5.74, 6) is 1.22. The summed E-state index contributed by atoms with van der Waals surface area (Å²) >= 11 is 0. The van der Waals surface area contributed by atoms with Crippen LogP contribution < -0.4 is 4.98 Å². The number of aromatic amines is 2. The molecule has 4 N–H and O–H groups in total. The lowest BCUT2D eigenvalue weighted by molar-refractivity contribution is -0.356. The summed E-state index contributed by atoms with van der Waals surface area (Å²) in [5.41, 5.74) is 2.72. The van der Waals surface area contributed by atoms with Crippen LogP contribution in [0, 0.1) is 0 Å². The second kappa shape index (κ2) is 4.07. The fraction of sp³-hybridized carbons (Fsp3) is 0.0714. The van der Waals surface area contributed by atoms with E-state index in [-0.39, 0.29) is 11.5 Å². The number of benzene rings is 2. The lowest BCUT2D eigenvalue weighted by atomic mass is 10.1. The minimum absolute atomic E-state index is 0.152. The van der Waals surface area contributed by atoms with Crippen LogP contribution in [0.15, 0.2) is 42.5 Å². The minimum Gasteiger partial charge on any atom is -0.508 e. The standard InChI is InChI=1S/C14H12N2O2/c17-10-5-6-13(18)9(7-10)8-14-15-11-3-1-2-4-12(11)16-14/h1-7,17-18H,8H2,(H,15,16)/p+1. The van der Waals surface area contributed by atoms with Crippen molar-refractivity contribution in [3.63, 3.8) is 0 Å². The third kappa shape index (κ3) is 1.88. The van der Waals surface area contributed by atoms with E-state index in [1.54, 1.807) is 6.07 Å². The highest BCUT2D eigenvalue weighted by Crippen LogP contribution is 2.23. The maximum absolute atomic E-state index is 9.73. The van der Waals surface area contributed by atoms with Crippen LogP contribution in [0.3, 0.4) is 0 Å². The first-order valence-corrected chi connectivity index (χ1v) is 5.72. The molecule has 90 valence electrons. The molecule has 0 atom stereocenters.